The molecule has 0 aliphatic carbocycles. The Hall–Kier alpha value is -3.62. The van der Waals surface area contributed by atoms with Crippen molar-refractivity contribution in [2.24, 2.45) is 5.73 Å². The van der Waals surface area contributed by atoms with Gasteiger partial charge in [0.25, 0.3) is 5.78 Å². The lowest BCUT2D eigenvalue weighted by Crippen LogP contribution is -2.39. The third-order valence-corrected chi connectivity index (χ3v) is 6.01. The van der Waals surface area contributed by atoms with Crippen LogP contribution in [-0.4, -0.2) is 49.2 Å². The highest BCUT2D eigenvalue weighted by atomic mass is 16.5. The Balaban J connectivity index is 1.33. The van der Waals surface area contributed by atoms with Gasteiger partial charge >= 0.3 is 0 Å². The summed E-state index contributed by atoms with van der Waals surface area (Å²) in [4.78, 5) is 22.4. The predicted molar refractivity (Wildman–Crippen MR) is 117 cm³/mol. The number of aromatic nitrogens is 5. The standard InChI is InChI=1S/C22H25N7O2/c1-14-15(2)26-22-24-13-25-29(22)21(14)27-9-6-16(7-10-27)31-19-5-3-4-18-17(19)8-11-28(18)12-20(23)30/h3-5,8,11,13,16H,6-7,9-10,12H2,1-2H3,(H2,23,30). The second-order valence-electron chi connectivity index (χ2n) is 8.02. The molecular weight excluding hydrogens is 394 g/mol. The van der Waals surface area contributed by atoms with E-state index in [1.807, 2.05) is 46.5 Å². The second kappa shape index (κ2) is 7.57. The van der Waals surface area contributed by atoms with Crippen LogP contribution in [0.2, 0.25) is 0 Å². The number of nitrogens with two attached hydrogens (primary N) is 1. The zero-order valence-electron chi connectivity index (χ0n) is 17.7. The maximum atomic E-state index is 11.3. The molecule has 31 heavy (non-hydrogen) atoms. The molecule has 5 rings (SSSR count). The summed E-state index contributed by atoms with van der Waals surface area (Å²) >= 11 is 0. The van der Waals surface area contributed by atoms with Crippen LogP contribution in [0.4, 0.5) is 5.82 Å². The highest BCUT2D eigenvalue weighted by Gasteiger charge is 2.25. The molecule has 1 aliphatic rings. The maximum Gasteiger partial charge on any atom is 0.254 e. The van der Waals surface area contributed by atoms with Gasteiger partial charge in [-0.3, -0.25) is 4.79 Å². The molecule has 0 bridgehead atoms. The van der Waals surface area contributed by atoms with Crippen LogP contribution in [-0.2, 0) is 11.3 Å². The molecule has 0 saturated carbocycles. The Morgan fingerprint density at radius 3 is 2.81 bits per heavy atom. The zero-order valence-corrected chi connectivity index (χ0v) is 17.7. The second-order valence-corrected chi connectivity index (χ2v) is 8.02. The van der Waals surface area contributed by atoms with Crippen LogP contribution in [0, 0.1) is 13.8 Å². The number of nitrogens with zero attached hydrogens (tertiary/aromatic N) is 6. The van der Waals surface area contributed by atoms with Crippen molar-refractivity contribution in [3.8, 4) is 5.75 Å². The van der Waals surface area contributed by atoms with E-state index in [2.05, 4.69) is 26.9 Å². The van der Waals surface area contributed by atoms with Crippen molar-refractivity contribution < 1.29 is 9.53 Å². The van der Waals surface area contributed by atoms with Crippen molar-refractivity contribution in [2.75, 3.05) is 18.0 Å². The molecule has 2 N–H and O–H groups in total. The van der Waals surface area contributed by atoms with Crippen molar-refractivity contribution in [2.45, 2.75) is 39.3 Å². The summed E-state index contributed by atoms with van der Waals surface area (Å²) in [5.41, 5.74) is 8.41. The first-order valence-corrected chi connectivity index (χ1v) is 10.5. The van der Waals surface area contributed by atoms with Gasteiger partial charge in [-0.1, -0.05) is 6.07 Å². The first kappa shape index (κ1) is 19.3. The van der Waals surface area contributed by atoms with Crippen LogP contribution < -0.4 is 15.4 Å². The number of hydrogen-bond donors (Lipinski definition) is 1. The molecule has 9 heteroatoms. The minimum absolute atomic E-state index is 0.121. The molecular formula is C22H25N7O2. The lowest BCUT2D eigenvalue weighted by Gasteiger charge is -2.34. The van der Waals surface area contributed by atoms with Crippen LogP contribution in [0.5, 0.6) is 5.75 Å². The molecule has 1 aliphatic heterocycles. The fourth-order valence-corrected chi connectivity index (χ4v) is 4.36. The van der Waals surface area contributed by atoms with Gasteiger partial charge in [0.1, 0.15) is 30.5 Å². The van der Waals surface area contributed by atoms with Gasteiger partial charge in [0.05, 0.1) is 5.52 Å². The van der Waals surface area contributed by atoms with Crippen molar-refractivity contribution in [3.05, 3.63) is 48.0 Å². The molecule has 1 saturated heterocycles. The molecule has 1 amide bonds. The number of amides is 1. The third-order valence-electron chi connectivity index (χ3n) is 6.01. The summed E-state index contributed by atoms with van der Waals surface area (Å²) < 4.78 is 10.1. The monoisotopic (exact) mass is 419 g/mol. The maximum absolute atomic E-state index is 11.3. The van der Waals surface area contributed by atoms with Crippen molar-refractivity contribution >= 4 is 28.4 Å². The predicted octanol–water partition coefficient (Wildman–Crippen LogP) is 2.23. The minimum Gasteiger partial charge on any atom is -0.490 e. The van der Waals surface area contributed by atoms with Crippen LogP contribution in [0.25, 0.3) is 16.7 Å². The fourth-order valence-electron chi connectivity index (χ4n) is 4.36. The van der Waals surface area contributed by atoms with Gasteiger partial charge in [-0.25, -0.2) is 4.98 Å². The summed E-state index contributed by atoms with van der Waals surface area (Å²) in [5, 5.41) is 5.37. The number of carbonyl (C=O) groups excluding carboxylic acids is 1. The summed E-state index contributed by atoms with van der Waals surface area (Å²) in [6, 6.07) is 7.90. The largest absolute Gasteiger partial charge is 0.490 e. The van der Waals surface area contributed by atoms with Crippen molar-refractivity contribution in [1.29, 1.82) is 0 Å². The minimum atomic E-state index is -0.362. The summed E-state index contributed by atoms with van der Waals surface area (Å²) in [6.07, 6.45) is 5.34. The number of fused-ring (bicyclic) bond motifs is 2. The molecule has 0 unspecified atom stereocenters. The van der Waals surface area contributed by atoms with E-state index < -0.39 is 0 Å². The van der Waals surface area contributed by atoms with Gasteiger partial charge in [-0.2, -0.15) is 14.6 Å². The number of carbonyl (C=O) groups is 1. The number of primary amides is 1. The fraction of sp³-hybridized carbons (Fsp3) is 0.364. The summed E-state index contributed by atoms with van der Waals surface area (Å²) in [5.74, 6) is 2.17. The number of anilines is 1. The Morgan fingerprint density at radius 1 is 1.23 bits per heavy atom. The number of aryl methyl sites for hydroxylation is 1. The normalized spacial score (nSPS) is 15.1. The first-order valence-electron chi connectivity index (χ1n) is 10.5. The van der Waals surface area contributed by atoms with E-state index >= 15 is 0 Å². The number of hydrogen-bond acceptors (Lipinski definition) is 6. The Labute approximate surface area is 179 Å². The van der Waals surface area contributed by atoms with E-state index in [9.17, 15) is 4.79 Å². The molecule has 1 fully saturated rings. The SMILES string of the molecule is Cc1nc2ncnn2c(N2CCC(Oc3cccc4c3ccn4CC(N)=O)CC2)c1C. The Kier molecular flexibility index (Phi) is 4.72. The lowest BCUT2D eigenvalue weighted by atomic mass is 10.1. The average molecular weight is 419 g/mol. The van der Waals surface area contributed by atoms with E-state index in [0.29, 0.717) is 5.78 Å². The van der Waals surface area contributed by atoms with E-state index in [1.165, 1.54) is 0 Å². The van der Waals surface area contributed by atoms with Crippen LogP contribution in [0.1, 0.15) is 24.1 Å². The van der Waals surface area contributed by atoms with Crippen LogP contribution >= 0.6 is 0 Å². The van der Waals surface area contributed by atoms with E-state index in [1.54, 1.807) is 6.33 Å². The number of ether oxygens (including phenoxy) is 1. The van der Waals surface area contributed by atoms with Gasteiger partial charge in [0.15, 0.2) is 0 Å². The number of benzene rings is 1. The van der Waals surface area contributed by atoms with Gasteiger partial charge in [0, 0.05) is 48.8 Å². The zero-order chi connectivity index (χ0) is 21.5. The summed E-state index contributed by atoms with van der Waals surface area (Å²) in [7, 11) is 0. The highest BCUT2D eigenvalue weighted by molar-refractivity contribution is 5.88. The van der Waals surface area contributed by atoms with Crippen LogP contribution in [0.3, 0.4) is 0 Å². The highest BCUT2D eigenvalue weighted by Crippen LogP contribution is 2.31. The van der Waals surface area contributed by atoms with Gasteiger partial charge < -0.3 is 19.9 Å². The van der Waals surface area contributed by atoms with Crippen molar-refractivity contribution in [3.63, 3.8) is 0 Å². The van der Waals surface area contributed by atoms with Crippen molar-refractivity contribution in [1.82, 2.24) is 24.1 Å². The van der Waals surface area contributed by atoms with E-state index in [-0.39, 0.29) is 18.6 Å². The molecule has 160 valence electrons. The molecule has 0 radical (unpaired) electrons. The first-order chi connectivity index (χ1) is 15.0. The molecule has 1 aromatic carbocycles. The molecule has 4 heterocycles. The van der Waals surface area contributed by atoms with Gasteiger partial charge in [-0.05, 0) is 32.0 Å². The number of piperidine rings is 1. The molecule has 3 aromatic heterocycles. The van der Waals surface area contributed by atoms with Crippen LogP contribution in [0.15, 0.2) is 36.8 Å². The molecule has 0 atom stereocenters. The topological polar surface area (TPSA) is 104 Å². The molecule has 4 aromatic rings. The average Bonchev–Trinajstić information content (AvgIpc) is 3.37. The number of rotatable bonds is 5. The molecule has 0 spiro atoms. The molecule has 9 nitrogen and oxygen atoms in total. The third kappa shape index (κ3) is 3.45. The Bertz CT molecular complexity index is 1270. The van der Waals surface area contributed by atoms with Gasteiger partial charge in [-0.15, -0.1) is 0 Å². The van der Waals surface area contributed by atoms with Gasteiger partial charge in [0.2, 0.25) is 5.91 Å². The quantitative estimate of drug-likeness (QED) is 0.532. The Morgan fingerprint density at radius 2 is 2.03 bits per heavy atom. The lowest BCUT2D eigenvalue weighted by molar-refractivity contribution is -0.118. The summed E-state index contributed by atoms with van der Waals surface area (Å²) in [6.45, 7) is 5.98. The smallest absolute Gasteiger partial charge is 0.254 e. The van der Waals surface area contributed by atoms with E-state index in [4.69, 9.17) is 10.5 Å². The van der Waals surface area contributed by atoms with E-state index in [0.717, 1.165) is 59.7 Å².